The third kappa shape index (κ3) is 3.98. The van der Waals surface area contributed by atoms with Gasteiger partial charge in [-0.15, -0.1) is 0 Å². The summed E-state index contributed by atoms with van der Waals surface area (Å²) < 4.78 is 0. The maximum Gasteiger partial charge on any atom is 0.0180 e. The van der Waals surface area contributed by atoms with Crippen LogP contribution in [0.3, 0.4) is 0 Å². The van der Waals surface area contributed by atoms with Gasteiger partial charge in [0, 0.05) is 36.8 Å². The lowest BCUT2D eigenvalue weighted by molar-refractivity contribution is 0.0776. The van der Waals surface area contributed by atoms with Crippen LogP contribution in [0.4, 0.5) is 0 Å². The molecule has 140 valence electrons. The molecule has 3 aliphatic rings. The lowest BCUT2D eigenvalue weighted by Crippen LogP contribution is -2.49. The highest BCUT2D eigenvalue weighted by molar-refractivity contribution is 4.99. The Morgan fingerprint density at radius 1 is 0.958 bits per heavy atom. The van der Waals surface area contributed by atoms with E-state index in [1.807, 2.05) is 0 Å². The van der Waals surface area contributed by atoms with Gasteiger partial charge in [-0.3, -0.25) is 9.80 Å². The van der Waals surface area contributed by atoms with Gasteiger partial charge in [0.2, 0.25) is 0 Å². The first-order valence-electron chi connectivity index (χ1n) is 10.2. The standard InChI is InChI=1S/C20H40N4/c1-18(2,23-13-5-17(21)15-23)6-7-19(3,4)24-14-10-20(16-24)8-11-22-12-9-20/h17,22H,5-16,21H2,1-4H3. The highest BCUT2D eigenvalue weighted by Crippen LogP contribution is 2.42. The van der Waals surface area contributed by atoms with Gasteiger partial charge in [0.15, 0.2) is 0 Å². The van der Waals surface area contributed by atoms with Crippen LogP contribution in [0.5, 0.6) is 0 Å². The SMILES string of the molecule is CC(C)(CCC(C)(C)N1CCC2(CCNCC2)C1)N1CCC(N)C1. The highest BCUT2D eigenvalue weighted by atomic mass is 15.2. The third-order valence-electron chi connectivity index (χ3n) is 7.39. The molecule has 0 aliphatic carbocycles. The Morgan fingerprint density at radius 2 is 1.58 bits per heavy atom. The predicted molar refractivity (Wildman–Crippen MR) is 102 cm³/mol. The molecule has 3 N–H and O–H groups in total. The van der Waals surface area contributed by atoms with Crippen molar-refractivity contribution in [1.29, 1.82) is 0 Å². The van der Waals surface area contributed by atoms with Crippen LogP contribution in [0.25, 0.3) is 0 Å². The number of hydrogen-bond donors (Lipinski definition) is 2. The number of hydrogen-bond acceptors (Lipinski definition) is 4. The zero-order chi connectivity index (χ0) is 17.4. The summed E-state index contributed by atoms with van der Waals surface area (Å²) in [5.74, 6) is 0. The van der Waals surface area contributed by atoms with Crippen LogP contribution >= 0.6 is 0 Å². The van der Waals surface area contributed by atoms with Gasteiger partial charge in [-0.1, -0.05) is 0 Å². The number of nitrogens with one attached hydrogen (secondary N) is 1. The van der Waals surface area contributed by atoms with Crippen LogP contribution in [0, 0.1) is 5.41 Å². The molecule has 0 aromatic heterocycles. The van der Waals surface area contributed by atoms with Gasteiger partial charge in [-0.25, -0.2) is 0 Å². The van der Waals surface area contributed by atoms with Crippen LogP contribution < -0.4 is 11.1 Å². The van der Waals surface area contributed by atoms with Gasteiger partial charge in [-0.05, 0) is 91.3 Å². The molecule has 1 spiro atoms. The molecule has 1 atom stereocenters. The maximum absolute atomic E-state index is 6.13. The topological polar surface area (TPSA) is 44.5 Å². The average Bonchev–Trinajstić information content (AvgIpc) is 3.14. The molecule has 3 saturated heterocycles. The number of piperidine rings is 1. The molecule has 0 aromatic carbocycles. The zero-order valence-electron chi connectivity index (χ0n) is 16.5. The van der Waals surface area contributed by atoms with Crippen molar-refractivity contribution in [2.45, 2.75) is 83.3 Å². The number of nitrogens with two attached hydrogens (primary N) is 1. The summed E-state index contributed by atoms with van der Waals surface area (Å²) in [6.45, 7) is 17.1. The van der Waals surface area contributed by atoms with Gasteiger partial charge in [0.05, 0.1) is 0 Å². The lowest BCUT2D eigenvalue weighted by Gasteiger charge is -2.42. The van der Waals surface area contributed by atoms with Crippen molar-refractivity contribution >= 4 is 0 Å². The highest BCUT2D eigenvalue weighted by Gasteiger charge is 2.44. The molecule has 24 heavy (non-hydrogen) atoms. The van der Waals surface area contributed by atoms with E-state index in [0.29, 0.717) is 17.0 Å². The summed E-state index contributed by atoms with van der Waals surface area (Å²) in [6.07, 6.45) is 7.85. The van der Waals surface area contributed by atoms with Gasteiger partial charge < -0.3 is 11.1 Å². The molecule has 4 nitrogen and oxygen atoms in total. The molecule has 3 fully saturated rings. The second-order valence-corrected chi connectivity index (χ2v) is 10.0. The monoisotopic (exact) mass is 336 g/mol. The minimum absolute atomic E-state index is 0.275. The van der Waals surface area contributed by atoms with E-state index in [0.717, 1.165) is 13.0 Å². The van der Waals surface area contributed by atoms with E-state index in [-0.39, 0.29) is 5.54 Å². The molecule has 4 heteroatoms. The van der Waals surface area contributed by atoms with Crippen molar-refractivity contribution in [2.24, 2.45) is 11.1 Å². The van der Waals surface area contributed by atoms with E-state index in [4.69, 9.17) is 5.73 Å². The molecule has 3 rings (SSSR count). The zero-order valence-corrected chi connectivity index (χ0v) is 16.5. The lowest BCUT2D eigenvalue weighted by atomic mass is 9.78. The summed E-state index contributed by atoms with van der Waals surface area (Å²) in [5, 5.41) is 3.54. The first-order valence-corrected chi connectivity index (χ1v) is 10.2. The number of nitrogens with zero attached hydrogens (tertiary/aromatic N) is 2. The molecule has 3 aliphatic heterocycles. The molecule has 3 heterocycles. The second-order valence-electron chi connectivity index (χ2n) is 10.0. The maximum atomic E-state index is 6.13. The fourth-order valence-electron chi connectivity index (χ4n) is 5.08. The van der Waals surface area contributed by atoms with Gasteiger partial charge in [0.25, 0.3) is 0 Å². The van der Waals surface area contributed by atoms with Crippen molar-refractivity contribution < 1.29 is 0 Å². The molecule has 0 saturated carbocycles. The molecular weight excluding hydrogens is 296 g/mol. The van der Waals surface area contributed by atoms with Crippen LogP contribution in [0.15, 0.2) is 0 Å². The molecule has 0 bridgehead atoms. The van der Waals surface area contributed by atoms with E-state index >= 15 is 0 Å². The Bertz CT molecular complexity index is 425. The van der Waals surface area contributed by atoms with Gasteiger partial charge >= 0.3 is 0 Å². The predicted octanol–water partition coefficient (Wildman–Crippen LogP) is 2.43. The van der Waals surface area contributed by atoms with E-state index in [9.17, 15) is 0 Å². The van der Waals surface area contributed by atoms with Crippen LogP contribution in [0.2, 0.25) is 0 Å². The second kappa shape index (κ2) is 6.86. The Labute approximate surface area is 149 Å². The van der Waals surface area contributed by atoms with E-state index in [1.54, 1.807) is 0 Å². The minimum Gasteiger partial charge on any atom is -0.326 e. The summed E-state index contributed by atoms with van der Waals surface area (Å²) >= 11 is 0. The molecular formula is C20H40N4. The van der Waals surface area contributed by atoms with E-state index < -0.39 is 0 Å². The smallest absolute Gasteiger partial charge is 0.0180 e. The Morgan fingerprint density at radius 3 is 2.17 bits per heavy atom. The van der Waals surface area contributed by atoms with Gasteiger partial charge in [0.1, 0.15) is 0 Å². The molecule has 0 aromatic rings. The molecule has 1 unspecified atom stereocenters. The first kappa shape index (κ1) is 18.6. The van der Waals surface area contributed by atoms with Crippen molar-refractivity contribution in [3.8, 4) is 0 Å². The van der Waals surface area contributed by atoms with Crippen LogP contribution in [-0.2, 0) is 0 Å². The van der Waals surface area contributed by atoms with Crippen LogP contribution in [0.1, 0.15) is 66.2 Å². The van der Waals surface area contributed by atoms with Crippen molar-refractivity contribution in [1.82, 2.24) is 15.1 Å². The Hall–Kier alpha value is -0.160. The Kier molecular flexibility index (Phi) is 5.33. The van der Waals surface area contributed by atoms with Crippen molar-refractivity contribution in [2.75, 3.05) is 39.3 Å². The quantitative estimate of drug-likeness (QED) is 0.809. The largest absolute Gasteiger partial charge is 0.326 e. The summed E-state index contributed by atoms with van der Waals surface area (Å²) in [6, 6.07) is 0.385. The van der Waals surface area contributed by atoms with Crippen molar-refractivity contribution in [3.05, 3.63) is 0 Å². The number of likely N-dealkylation sites (tertiary alicyclic amines) is 2. The van der Waals surface area contributed by atoms with E-state index in [1.165, 1.54) is 64.8 Å². The molecule has 0 radical (unpaired) electrons. The average molecular weight is 337 g/mol. The fraction of sp³-hybridized carbons (Fsp3) is 1.00. The van der Waals surface area contributed by atoms with Crippen LogP contribution in [-0.4, -0.2) is 66.2 Å². The first-order chi connectivity index (χ1) is 11.2. The summed E-state index contributed by atoms with van der Waals surface area (Å²) in [7, 11) is 0. The summed E-state index contributed by atoms with van der Waals surface area (Å²) in [4.78, 5) is 5.41. The fourth-order valence-corrected chi connectivity index (χ4v) is 5.08. The van der Waals surface area contributed by atoms with E-state index in [2.05, 4.69) is 42.8 Å². The van der Waals surface area contributed by atoms with Crippen molar-refractivity contribution in [3.63, 3.8) is 0 Å². The molecule has 0 amide bonds. The number of rotatable bonds is 5. The Balaban J connectivity index is 1.54. The normalized spacial score (nSPS) is 29.6. The van der Waals surface area contributed by atoms with Gasteiger partial charge in [-0.2, -0.15) is 0 Å². The summed E-state index contributed by atoms with van der Waals surface area (Å²) in [5.41, 5.74) is 7.33. The minimum atomic E-state index is 0.275. The third-order valence-corrected chi connectivity index (χ3v) is 7.39.